The number of para-hydroxylation sites is 1. The van der Waals surface area contributed by atoms with Gasteiger partial charge in [0.15, 0.2) is 0 Å². The summed E-state index contributed by atoms with van der Waals surface area (Å²) in [7, 11) is 0. The fourth-order valence-corrected chi connectivity index (χ4v) is 4.80. The van der Waals surface area contributed by atoms with E-state index in [1.54, 1.807) is 11.8 Å². The molecule has 1 unspecified atom stereocenters. The maximum atomic E-state index is 12.8. The predicted molar refractivity (Wildman–Crippen MR) is 129 cm³/mol. The second-order valence-electron chi connectivity index (χ2n) is 7.98. The molecule has 2 amide bonds. The summed E-state index contributed by atoms with van der Waals surface area (Å²) in [5.74, 6) is 0.487. The number of hydrogen-bond acceptors (Lipinski definition) is 4. The fraction of sp³-hybridized carbons (Fsp3) is 0.440. The first kappa shape index (κ1) is 23.4. The molecule has 0 spiro atoms. The van der Waals surface area contributed by atoms with Gasteiger partial charge >= 0.3 is 0 Å². The second-order valence-corrected chi connectivity index (χ2v) is 9.00. The number of rotatable bonds is 10. The molecule has 0 radical (unpaired) electrons. The van der Waals surface area contributed by atoms with Gasteiger partial charge < -0.3 is 15.1 Å². The summed E-state index contributed by atoms with van der Waals surface area (Å²) >= 11 is 1.58. The Morgan fingerprint density at radius 2 is 1.94 bits per heavy atom. The van der Waals surface area contributed by atoms with Crippen molar-refractivity contribution in [2.75, 3.05) is 30.3 Å². The van der Waals surface area contributed by atoms with Gasteiger partial charge in [-0.3, -0.25) is 9.59 Å². The molecule has 0 aromatic heterocycles. The standard InChI is InChI=1S/C25H33N3O2S/c1-4-27(5-2)15-9-10-19(3)26-25(30)21-12-8-11-20(16-21)17-28-22-13-6-7-14-23(22)31-18-24(28)29/h6-8,11-14,16,19H,4-5,9-10,15,17-18H2,1-3H3,(H,26,30). The molecule has 5 nitrogen and oxygen atoms in total. The summed E-state index contributed by atoms with van der Waals surface area (Å²) in [4.78, 5) is 30.6. The zero-order valence-electron chi connectivity index (χ0n) is 18.8. The van der Waals surface area contributed by atoms with Crippen LogP contribution in [0.3, 0.4) is 0 Å². The van der Waals surface area contributed by atoms with Crippen molar-refractivity contribution in [3.05, 3.63) is 59.7 Å². The first-order valence-electron chi connectivity index (χ1n) is 11.2. The minimum atomic E-state index is -0.0573. The van der Waals surface area contributed by atoms with Crippen LogP contribution in [0.25, 0.3) is 0 Å². The summed E-state index contributed by atoms with van der Waals surface area (Å²) in [6, 6.07) is 15.7. The van der Waals surface area contributed by atoms with Crippen LogP contribution in [0.4, 0.5) is 5.69 Å². The second kappa shape index (κ2) is 11.3. The number of amides is 2. The molecule has 1 aliphatic rings. The molecule has 166 valence electrons. The van der Waals surface area contributed by atoms with E-state index in [0.29, 0.717) is 17.9 Å². The first-order chi connectivity index (χ1) is 15.0. The van der Waals surface area contributed by atoms with E-state index in [1.807, 2.05) is 53.4 Å². The monoisotopic (exact) mass is 439 g/mol. The Labute approximate surface area is 190 Å². The lowest BCUT2D eigenvalue weighted by atomic mass is 10.1. The van der Waals surface area contributed by atoms with E-state index in [-0.39, 0.29) is 17.9 Å². The average Bonchev–Trinajstić information content (AvgIpc) is 2.79. The minimum Gasteiger partial charge on any atom is -0.350 e. The van der Waals surface area contributed by atoms with Crippen molar-refractivity contribution in [3.8, 4) is 0 Å². The van der Waals surface area contributed by atoms with Gasteiger partial charge in [-0.15, -0.1) is 11.8 Å². The van der Waals surface area contributed by atoms with Crippen molar-refractivity contribution in [1.82, 2.24) is 10.2 Å². The number of nitrogens with one attached hydrogen (secondary N) is 1. The number of hydrogen-bond donors (Lipinski definition) is 1. The van der Waals surface area contributed by atoms with Gasteiger partial charge in [-0.05, 0) is 69.2 Å². The molecule has 6 heteroatoms. The molecule has 1 N–H and O–H groups in total. The molecule has 2 aromatic carbocycles. The summed E-state index contributed by atoms with van der Waals surface area (Å²) in [5.41, 5.74) is 2.54. The number of carbonyl (C=O) groups is 2. The van der Waals surface area contributed by atoms with Crippen molar-refractivity contribution in [2.45, 2.75) is 51.1 Å². The topological polar surface area (TPSA) is 52.7 Å². The highest BCUT2D eigenvalue weighted by Gasteiger charge is 2.24. The van der Waals surface area contributed by atoms with Gasteiger partial charge in [0.2, 0.25) is 5.91 Å². The Hall–Kier alpha value is -2.31. The van der Waals surface area contributed by atoms with E-state index >= 15 is 0 Å². The van der Waals surface area contributed by atoms with Gasteiger partial charge in [0.05, 0.1) is 18.0 Å². The SMILES string of the molecule is CCN(CC)CCCC(C)NC(=O)c1cccc(CN2C(=O)CSc3ccccc32)c1. The van der Waals surface area contributed by atoms with Crippen molar-refractivity contribution in [1.29, 1.82) is 0 Å². The maximum Gasteiger partial charge on any atom is 0.251 e. The highest BCUT2D eigenvalue weighted by Crippen LogP contribution is 2.35. The van der Waals surface area contributed by atoms with Crippen LogP contribution in [-0.4, -0.2) is 48.1 Å². The molecule has 0 fully saturated rings. The van der Waals surface area contributed by atoms with Crippen LogP contribution < -0.4 is 10.2 Å². The molecular weight excluding hydrogens is 406 g/mol. The van der Waals surface area contributed by atoms with Crippen LogP contribution in [0.5, 0.6) is 0 Å². The third-order valence-electron chi connectivity index (χ3n) is 5.72. The Balaban J connectivity index is 1.60. The number of carbonyl (C=O) groups excluding carboxylic acids is 2. The van der Waals surface area contributed by atoms with E-state index < -0.39 is 0 Å². The summed E-state index contributed by atoms with van der Waals surface area (Å²) in [6.07, 6.45) is 2.02. The Bertz CT molecular complexity index is 898. The van der Waals surface area contributed by atoms with E-state index in [0.717, 1.165) is 48.6 Å². The van der Waals surface area contributed by atoms with Crippen LogP contribution in [0.2, 0.25) is 0 Å². The number of thioether (sulfide) groups is 1. The van der Waals surface area contributed by atoms with Gasteiger partial charge in [-0.1, -0.05) is 38.1 Å². The summed E-state index contributed by atoms with van der Waals surface area (Å²) < 4.78 is 0. The zero-order chi connectivity index (χ0) is 22.2. The molecule has 3 rings (SSSR count). The summed E-state index contributed by atoms with van der Waals surface area (Å²) in [5, 5.41) is 3.12. The Morgan fingerprint density at radius 3 is 2.71 bits per heavy atom. The van der Waals surface area contributed by atoms with Gasteiger partial charge in [-0.25, -0.2) is 0 Å². The number of nitrogens with zero attached hydrogens (tertiary/aromatic N) is 2. The molecular formula is C25H33N3O2S. The van der Waals surface area contributed by atoms with Gasteiger partial charge in [0.1, 0.15) is 0 Å². The molecule has 0 aliphatic carbocycles. The predicted octanol–water partition coefficient (Wildman–Crippen LogP) is 4.57. The zero-order valence-corrected chi connectivity index (χ0v) is 19.6. The molecule has 31 heavy (non-hydrogen) atoms. The van der Waals surface area contributed by atoms with Crippen LogP contribution in [0.15, 0.2) is 53.4 Å². The van der Waals surface area contributed by atoms with Crippen LogP contribution in [0, 0.1) is 0 Å². The van der Waals surface area contributed by atoms with Crippen LogP contribution >= 0.6 is 11.8 Å². The van der Waals surface area contributed by atoms with Gasteiger partial charge in [-0.2, -0.15) is 0 Å². The van der Waals surface area contributed by atoms with Gasteiger partial charge in [0.25, 0.3) is 5.91 Å². The van der Waals surface area contributed by atoms with Crippen molar-refractivity contribution >= 4 is 29.3 Å². The van der Waals surface area contributed by atoms with E-state index in [9.17, 15) is 9.59 Å². The van der Waals surface area contributed by atoms with E-state index in [2.05, 4.69) is 31.0 Å². The number of fused-ring (bicyclic) bond motifs is 1. The minimum absolute atomic E-state index is 0.0573. The highest BCUT2D eigenvalue weighted by atomic mass is 32.2. The molecule has 1 atom stereocenters. The molecule has 2 aromatic rings. The Kier molecular flexibility index (Phi) is 8.55. The van der Waals surface area contributed by atoms with E-state index in [1.165, 1.54) is 0 Å². The number of anilines is 1. The van der Waals surface area contributed by atoms with Crippen LogP contribution in [-0.2, 0) is 11.3 Å². The van der Waals surface area contributed by atoms with Crippen molar-refractivity contribution < 1.29 is 9.59 Å². The lowest BCUT2D eigenvalue weighted by molar-refractivity contribution is -0.116. The quantitative estimate of drug-likeness (QED) is 0.589. The third-order valence-corrected chi connectivity index (χ3v) is 6.77. The van der Waals surface area contributed by atoms with Crippen LogP contribution in [0.1, 0.15) is 49.5 Å². The maximum absolute atomic E-state index is 12.8. The smallest absolute Gasteiger partial charge is 0.251 e. The molecule has 1 aliphatic heterocycles. The third kappa shape index (κ3) is 6.34. The normalized spacial score (nSPS) is 14.5. The lowest BCUT2D eigenvalue weighted by Gasteiger charge is -2.29. The largest absolute Gasteiger partial charge is 0.350 e. The first-order valence-corrected chi connectivity index (χ1v) is 12.1. The highest BCUT2D eigenvalue weighted by molar-refractivity contribution is 8.00. The Morgan fingerprint density at radius 1 is 1.16 bits per heavy atom. The van der Waals surface area contributed by atoms with Crippen molar-refractivity contribution in [3.63, 3.8) is 0 Å². The molecule has 1 heterocycles. The van der Waals surface area contributed by atoms with Gasteiger partial charge in [0, 0.05) is 16.5 Å². The summed E-state index contributed by atoms with van der Waals surface area (Å²) in [6.45, 7) is 10.1. The van der Waals surface area contributed by atoms with Crippen molar-refractivity contribution in [2.24, 2.45) is 0 Å². The fourth-order valence-electron chi connectivity index (χ4n) is 3.86. The molecule has 0 saturated heterocycles. The molecule has 0 bridgehead atoms. The lowest BCUT2D eigenvalue weighted by Crippen LogP contribution is -2.35. The van der Waals surface area contributed by atoms with E-state index in [4.69, 9.17) is 0 Å². The molecule has 0 saturated carbocycles. The average molecular weight is 440 g/mol. The number of benzene rings is 2.